The highest BCUT2D eigenvalue weighted by atomic mass is 16.5. The van der Waals surface area contributed by atoms with Gasteiger partial charge in [0.15, 0.2) is 6.17 Å². The van der Waals surface area contributed by atoms with E-state index in [4.69, 9.17) is 14.7 Å². The van der Waals surface area contributed by atoms with Crippen molar-refractivity contribution in [3.63, 3.8) is 0 Å². The van der Waals surface area contributed by atoms with Crippen LogP contribution in [0.5, 0.6) is 5.75 Å². The van der Waals surface area contributed by atoms with Crippen molar-refractivity contribution in [1.29, 1.82) is 0 Å². The Morgan fingerprint density at radius 3 is 2.30 bits per heavy atom. The van der Waals surface area contributed by atoms with Crippen LogP contribution in [-0.2, 0) is 0 Å². The van der Waals surface area contributed by atoms with Crippen LogP contribution in [0.4, 0.5) is 0 Å². The summed E-state index contributed by atoms with van der Waals surface area (Å²) >= 11 is 0. The molecule has 5 nitrogen and oxygen atoms in total. The predicted molar refractivity (Wildman–Crippen MR) is 175 cm³/mol. The molecule has 0 bridgehead atoms. The van der Waals surface area contributed by atoms with Gasteiger partial charge in [0.05, 0.1) is 5.92 Å². The summed E-state index contributed by atoms with van der Waals surface area (Å²) in [7, 11) is 0. The molecule has 0 spiro atoms. The van der Waals surface area contributed by atoms with Crippen LogP contribution >= 0.6 is 0 Å². The van der Waals surface area contributed by atoms with Crippen LogP contribution < -0.4 is 10.1 Å². The van der Waals surface area contributed by atoms with Crippen molar-refractivity contribution < 1.29 is 4.74 Å². The van der Waals surface area contributed by atoms with E-state index >= 15 is 0 Å². The van der Waals surface area contributed by atoms with Crippen LogP contribution in [0.15, 0.2) is 148 Å². The molecule has 1 N–H and O–H groups in total. The van der Waals surface area contributed by atoms with E-state index < -0.39 is 0 Å². The third-order valence-corrected chi connectivity index (χ3v) is 8.72. The first kappa shape index (κ1) is 24.1. The molecule has 3 unspecified atom stereocenters. The molecule has 0 amide bonds. The standard InChI is InChI=1S/C38H26N4O/c1-2-9-25(10-3-1)35-40-36(42-37(41-35)31-20-21-39-38-34(31)30-12-6-7-13-32(30)43-38)27-18-19-29-26(22-27)17-16-24-15-14-23-8-4-5-11-28(23)33(24)29/h1-22,34-35,38H,(H,40,41,42). The van der Waals surface area contributed by atoms with Crippen LogP contribution in [-0.4, -0.2) is 24.1 Å². The van der Waals surface area contributed by atoms with Crippen LogP contribution in [0.1, 0.15) is 28.8 Å². The first-order valence-corrected chi connectivity index (χ1v) is 14.6. The number of hydrogen-bond acceptors (Lipinski definition) is 5. The molecule has 3 aliphatic heterocycles. The fraction of sp³-hybridized carbons (Fsp3) is 0.0789. The average molecular weight is 555 g/mol. The molecule has 0 radical (unpaired) electrons. The Balaban J connectivity index is 1.17. The summed E-state index contributed by atoms with van der Waals surface area (Å²) in [5, 5.41) is 11.1. The Morgan fingerprint density at radius 2 is 1.37 bits per heavy atom. The molecule has 0 saturated carbocycles. The van der Waals surface area contributed by atoms with E-state index in [0.717, 1.165) is 39.7 Å². The highest BCUT2D eigenvalue weighted by Crippen LogP contribution is 2.44. The lowest BCUT2D eigenvalue weighted by Gasteiger charge is -2.28. The van der Waals surface area contributed by atoms with Crippen LogP contribution in [0.2, 0.25) is 0 Å². The molecule has 0 aliphatic carbocycles. The second kappa shape index (κ2) is 9.50. The molecule has 0 fully saturated rings. The van der Waals surface area contributed by atoms with Gasteiger partial charge >= 0.3 is 0 Å². The molecule has 3 atom stereocenters. The Morgan fingerprint density at radius 1 is 0.628 bits per heavy atom. The van der Waals surface area contributed by atoms with Crippen molar-refractivity contribution >= 4 is 50.2 Å². The minimum absolute atomic E-state index is 0.0422. The highest BCUT2D eigenvalue weighted by Gasteiger charge is 2.40. The number of amidine groups is 2. The first-order chi connectivity index (χ1) is 21.3. The van der Waals surface area contributed by atoms with Gasteiger partial charge in [0, 0.05) is 22.9 Å². The lowest BCUT2D eigenvalue weighted by atomic mass is 9.88. The largest absolute Gasteiger partial charge is 0.467 e. The minimum atomic E-state index is -0.375. The monoisotopic (exact) mass is 554 g/mol. The van der Waals surface area contributed by atoms with Gasteiger partial charge in [-0.1, -0.05) is 109 Å². The fourth-order valence-electron chi connectivity index (χ4n) is 6.67. The molecule has 6 aromatic carbocycles. The number of para-hydroxylation sites is 1. The third kappa shape index (κ3) is 3.89. The van der Waals surface area contributed by atoms with E-state index in [-0.39, 0.29) is 18.3 Å². The van der Waals surface area contributed by atoms with E-state index in [0.29, 0.717) is 0 Å². The Hall–Kier alpha value is -5.55. The SMILES string of the molecule is C1=NC2Oc3ccccc3C2C(C2=NC(c3ccccc3)N=C(c3ccc4c(ccc5ccc6ccccc6c54)c3)N2)=C1. The molecule has 204 valence electrons. The smallest absolute Gasteiger partial charge is 0.200 e. The maximum absolute atomic E-state index is 6.22. The number of benzene rings is 6. The Bertz CT molecular complexity index is 2210. The average Bonchev–Trinajstić information content (AvgIpc) is 3.47. The number of nitrogens with zero attached hydrogens (tertiary/aromatic N) is 3. The molecular weight excluding hydrogens is 528 g/mol. The summed E-state index contributed by atoms with van der Waals surface area (Å²) in [6.45, 7) is 0. The van der Waals surface area contributed by atoms with Gasteiger partial charge < -0.3 is 10.1 Å². The van der Waals surface area contributed by atoms with Gasteiger partial charge in [0.1, 0.15) is 17.4 Å². The van der Waals surface area contributed by atoms with E-state index in [1.807, 2.05) is 36.5 Å². The number of allylic oxidation sites excluding steroid dienone is 1. The summed E-state index contributed by atoms with van der Waals surface area (Å²) in [6, 6.07) is 42.5. The summed E-state index contributed by atoms with van der Waals surface area (Å²) in [5.41, 5.74) is 4.24. The number of ether oxygens (including phenoxy) is 1. The molecule has 5 heteroatoms. The lowest BCUT2D eigenvalue weighted by Crippen LogP contribution is -2.39. The number of nitrogens with one attached hydrogen (secondary N) is 1. The highest BCUT2D eigenvalue weighted by molar-refractivity contribution is 6.22. The zero-order valence-electron chi connectivity index (χ0n) is 23.2. The lowest BCUT2D eigenvalue weighted by molar-refractivity contribution is 0.228. The maximum atomic E-state index is 6.22. The molecule has 0 saturated heterocycles. The van der Waals surface area contributed by atoms with Gasteiger partial charge in [0.25, 0.3) is 0 Å². The normalized spacial score (nSPS) is 20.6. The van der Waals surface area contributed by atoms with E-state index in [2.05, 4.69) is 107 Å². The minimum Gasteiger partial charge on any atom is -0.467 e. The quantitative estimate of drug-likeness (QED) is 0.225. The van der Waals surface area contributed by atoms with Crippen molar-refractivity contribution in [2.75, 3.05) is 0 Å². The van der Waals surface area contributed by atoms with E-state index in [1.54, 1.807) is 0 Å². The molecule has 3 aliphatic rings. The molecule has 43 heavy (non-hydrogen) atoms. The predicted octanol–water partition coefficient (Wildman–Crippen LogP) is 8.11. The van der Waals surface area contributed by atoms with Gasteiger partial charge in [-0.2, -0.15) is 0 Å². The van der Waals surface area contributed by atoms with Gasteiger partial charge in [-0.05, 0) is 56.1 Å². The second-order valence-corrected chi connectivity index (χ2v) is 11.2. The zero-order chi connectivity index (χ0) is 28.3. The number of aliphatic imine (C=N–C) groups is 3. The number of rotatable bonds is 3. The molecule has 6 aromatic rings. The first-order valence-electron chi connectivity index (χ1n) is 14.6. The van der Waals surface area contributed by atoms with Crippen molar-refractivity contribution in [1.82, 2.24) is 5.32 Å². The van der Waals surface area contributed by atoms with Crippen molar-refractivity contribution in [2.24, 2.45) is 15.0 Å². The van der Waals surface area contributed by atoms with Gasteiger partial charge in [-0.25, -0.2) is 15.0 Å². The van der Waals surface area contributed by atoms with Gasteiger partial charge in [-0.3, -0.25) is 0 Å². The van der Waals surface area contributed by atoms with Crippen LogP contribution in [0, 0.1) is 0 Å². The Labute approximate surface area is 248 Å². The fourth-order valence-corrected chi connectivity index (χ4v) is 6.67. The van der Waals surface area contributed by atoms with Gasteiger partial charge in [0.2, 0.25) is 6.23 Å². The third-order valence-electron chi connectivity index (χ3n) is 8.72. The molecule has 9 rings (SSSR count). The molecular formula is C38H26N4O. The summed E-state index contributed by atoms with van der Waals surface area (Å²) in [5.74, 6) is 2.43. The second-order valence-electron chi connectivity index (χ2n) is 11.2. The number of hydrogen-bond donors (Lipinski definition) is 1. The summed E-state index contributed by atoms with van der Waals surface area (Å²) in [4.78, 5) is 14.9. The van der Waals surface area contributed by atoms with E-state index in [1.165, 1.54) is 32.3 Å². The van der Waals surface area contributed by atoms with Crippen LogP contribution in [0.25, 0.3) is 32.3 Å². The summed E-state index contributed by atoms with van der Waals surface area (Å²) < 4.78 is 6.22. The topological polar surface area (TPSA) is 58.3 Å². The Kier molecular flexibility index (Phi) is 5.32. The maximum Gasteiger partial charge on any atom is 0.200 e. The van der Waals surface area contributed by atoms with Crippen molar-refractivity contribution in [3.05, 3.63) is 150 Å². The molecule has 0 aromatic heterocycles. The number of dihydropyridines is 1. The van der Waals surface area contributed by atoms with Crippen molar-refractivity contribution in [3.8, 4) is 5.75 Å². The van der Waals surface area contributed by atoms with Gasteiger partial charge in [-0.15, -0.1) is 0 Å². The zero-order valence-corrected chi connectivity index (χ0v) is 23.2. The number of fused-ring (bicyclic) bond motifs is 8. The van der Waals surface area contributed by atoms with E-state index in [9.17, 15) is 0 Å². The van der Waals surface area contributed by atoms with Crippen molar-refractivity contribution in [2.45, 2.75) is 18.3 Å². The molecule has 3 heterocycles. The summed E-state index contributed by atoms with van der Waals surface area (Å²) in [6.07, 6.45) is 3.21. The van der Waals surface area contributed by atoms with Crippen LogP contribution in [0.3, 0.4) is 0 Å².